The third kappa shape index (κ3) is 4.63. The molecule has 1 aliphatic heterocycles. The van der Waals surface area contributed by atoms with Crippen molar-refractivity contribution in [3.63, 3.8) is 0 Å². The molecular weight excluding hydrogens is 394 g/mol. The van der Waals surface area contributed by atoms with E-state index in [0.29, 0.717) is 29.1 Å². The van der Waals surface area contributed by atoms with Gasteiger partial charge in [0, 0.05) is 38.3 Å². The molecule has 3 rings (SSSR count). The van der Waals surface area contributed by atoms with Gasteiger partial charge in [0.05, 0.1) is 16.2 Å². The molecule has 0 aliphatic carbocycles. The number of aryl methyl sites for hydroxylation is 2. The molecule has 0 saturated carbocycles. The smallest absolute Gasteiger partial charge is 0.269 e. The molecule has 8 nitrogen and oxygen atoms in total. The monoisotopic (exact) mass is 417 g/mol. The molecule has 29 heavy (non-hydrogen) atoms. The quantitative estimate of drug-likeness (QED) is 0.549. The number of hydrogen-bond acceptors (Lipinski definition) is 5. The molecule has 2 aromatic carbocycles. The van der Waals surface area contributed by atoms with Crippen molar-refractivity contribution in [3.8, 4) is 0 Å². The Labute approximate surface area is 169 Å². The minimum atomic E-state index is -3.60. The molecule has 0 N–H and O–H groups in total. The van der Waals surface area contributed by atoms with Crippen molar-refractivity contribution in [3.05, 3.63) is 69.3 Å². The summed E-state index contributed by atoms with van der Waals surface area (Å²) in [5.41, 5.74) is 2.38. The average molecular weight is 417 g/mol. The summed E-state index contributed by atoms with van der Waals surface area (Å²) in [5.74, 6) is -0.123. The SMILES string of the molecule is Cc1ccc(S(=O)(=O)N2CCN(C(=O)Cc3ccc([N+](=O)[O-])cc3)CC2)c(C)c1. The van der Waals surface area contributed by atoms with Crippen LogP contribution in [0.5, 0.6) is 0 Å². The predicted octanol–water partition coefficient (Wildman–Crippen LogP) is 2.29. The van der Waals surface area contributed by atoms with E-state index >= 15 is 0 Å². The molecule has 1 aliphatic rings. The van der Waals surface area contributed by atoms with E-state index in [4.69, 9.17) is 0 Å². The second-order valence-corrected chi connectivity index (χ2v) is 9.06. The normalized spacial score (nSPS) is 15.3. The van der Waals surface area contributed by atoms with Crippen LogP contribution in [0.25, 0.3) is 0 Å². The zero-order valence-corrected chi connectivity index (χ0v) is 17.2. The van der Waals surface area contributed by atoms with E-state index in [1.54, 1.807) is 36.1 Å². The minimum absolute atomic E-state index is 0.0218. The predicted molar refractivity (Wildman–Crippen MR) is 108 cm³/mol. The number of amides is 1. The number of sulfonamides is 1. The van der Waals surface area contributed by atoms with Gasteiger partial charge in [0.2, 0.25) is 15.9 Å². The van der Waals surface area contributed by atoms with Crippen LogP contribution < -0.4 is 0 Å². The van der Waals surface area contributed by atoms with Crippen LogP contribution in [0.15, 0.2) is 47.4 Å². The average Bonchev–Trinajstić information content (AvgIpc) is 2.68. The first-order valence-corrected chi connectivity index (χ1v) is 10.7. The largest absolute Gasteiger partial charge is 0.340 e. The summed E-state index contributed by atoms with van der Waals surface area (Å²) < 4.78 is 27.3. The van der Waals surface area contributed by atoms with Gasteiger partial charge in [-0.25, -0.2) is 8.42 Å². The van der Waals surface area contributed by atoms with Gasteiger partial charge in [0.25, 0.3) is 5.69 Å². The highest BCUT2D eigenvalue weighted by molar-refractivity contribution is 7.89. The molecule has 0 radical (unpaired) electrons. The van der Waals surface area contributed by atoms with Gasteiger partial charge in [-0.15, -0.1) is 0 Å². The van der Waals surface area contributed by atoms with Crippen molar-refractivity contribution in [2.75, 3.05) is 26.2 Å². The molecule has 1 heterocycles. The van der Waals surface area contributed by atoms with Crippen LogP contribution in [0, 0.1) is 24.0 Å². The highest BCUT2D eigenvalue weighted by Gasteiger charge is 2.31. The van der Waals surface area contributed by atoms with Crippen molar-refractivity contribution in [2.45, 2.75) is 25.2 Å². The van der Waals surface area contributed by atoms with E-state index in [1.165, 1.54) is 16.4 Å². The van der Waals surface area contributed by atoms with Gasteiger partial charge in [-0.05, 0) is 31.0 Å². The Bertz CT molecular complexity index is 1030. The van der Waals surface area contributed by atoms with Crippen molar-refractivity contribution in [1.29, 1.82) is 0 Å². The fourth-order valence-corrected chi connectivity index (χ4v) is 5.06. The topological polar surface area (TPSA) is 101 Å². The van der Waals surface area contributed by atoms with Gasteiger partial charge in [0.15, 0.2) is 0 Å². The van der Waals surface area contributed by atoms with E-state index in [2.05, 4.69) is 0 Å². The van der Waals surface area contributed by atoms with Crippen LogP contribution in [-0.4, -0.2) is 54.6 Å². The third-order valence-electron chi connectivity index (χ3n) is 5.04. The van der Waals surface area contributed by atoms with Gasteiger partial charge >= 0.3 is 0 Å². The molecule has 0 spiro atoms. The van der Waals surface area contributed by atoms with Crippen LogP contribution in [-0.2, 0) is 21.2 Å². The lowest BCUT2D eigenvalue weighted by molar-refractivity contribution is -0.384. The Morgan fingerprint density at radius 1 is 1.03 bits per heavy atom. The van der Waals surface area contributed by atoms with Crippen molar-refractivity contribution >= 4 is 21.6 Å². The zero-order chi connectivity index (χ0) is 21.2. The van der Waals surface area contributed by atoms with Crippen molar-refractivity contribution in [1.82, 2.24) is 9.21 Å². The second kappa shape index (κ2) is 8.30. The Hall–Kier alpha value is -2.78. The molecule has 0 aromatic heterocycles. The fraction of sp³-hybridized carbons (Fsp3) is 0.350. The molecule has 2 aromatic rings. The summed E-state index contributed by atoms with van der Waals surface area (Å²) in [4.78, 5) is 24.7. The first-order chi connectivity index (χ1) is 13.7. The summed E-state index contributed by atoms with van der Waals surface area (Å²) in [6.45, 7) is 4.80. The number of benzene rings is 2. The maximum Gasteiger partial charge on any atom is 0.269 e. The van der Waals surface area contributed by atoms with Gasteiger partial charge in [-0.2, -0.15) is 4.31 Å². The van der Waals surface area contributed by atoms with Crippen LogP contribution in [0.4, 0.5) is 5.69 Å². The van der Waals surface area contributed by atoms with Crippen LogP contribution in [0.3, 0.4) is 0 Å². The van der Waals surface area contributed by atoms with Gasteiger partial charge in [-0.1, -0.05) is 29.8 Å². The summed E-state index contributed by atoms with van der Waals surface area (Å²) >= 11 is 0. The maximum absolute atomic E-state index is 12.9. The standard InChI is InChI=1S/C20H23N3O5S/c1-15-3-8-19(16(2)13-15)29(27,28)22-11-9-21(10-12-22)20(24)14-17-4-6-18(7-5-17)23(25)26/h3-8,13H,9-12,14H2,1-2H3. The van der Waals surface area contributed by atoms with Crippen molar-refractivity contribution in [2.24, 2.45) is 0 Å². The number of carbonyl (C=O) groups excluding carboxylic acids is 1. The molecule has 1 saturated heterocycles. The number of piperazine rings is 1. The number of nitrogens with zero attached hydrogens (tertiary/aromatic N) is 3. The summed E-state index contributed by atoms with van der Waals surface area (Å²) in [7, 11) is -3.60. The molecule has 1 fully saturated rings. The Kier molecular flexibility index (Phi) is 5.99. The van der Waals surface area contributed by atoms with Crippen LogP contribution in [0.1, 0.15) is 16.7 Å². The van der Waals surface area contributed by atoms with Gasteiger partial charge < -0.3 is 4.90 Å². The molecular formula is C20H23N3O5S. The Balaban J connectivity index is 1.62. The van der Waals surface area contributed by atoms with E-state index in [0.717, 1.165) is 5.56 Å². The minimum Gasteiger partial charge on any atom is -0.340 e. The van der Waals surface area contributed by atoms with E-state index in [-0.39, 0.29) is 31.1 Å². The van der Waals surface area contributed by atoms with Gasteiger partial charge in [0.1, 0.15) is 0 Å². The molecule has 0 atom stereocenters. The molecule has 0 bridgehead atoms. The molecule has 154 valence electrons. The fourth-order valence-electron chi connectivity index (χ4n) is 3.43. The number of carbonyl (C=O) groups is 1. The molecule has 1 amide bonds. The number of hydrogen-bond donors (Lipinski definition) is 0. The summed E-state index contributed by atoms with van der Waals surface area (Å²) in [5, 5.41) is 10.7. The number of nitro groups is 1. The van der Waals surface area contributed by atoms with Crippen LogP contribution in [0.2, 0.25) is 0 Å². The third-order valence-corrected chi connectivity index (χ3v) is 7.10. The Morgan fingerprint density at radius 2 is 1.66 bits per heavy atom. The number of nitro benzene ring substituents is 1. The lowest BCUT2D eigenvalue weighted by Crippen LogP contribution is -2.50. The number of non-ortho nitro benzene ring substituents is 1. The van der Waals surface area contributed by atoms with Crippen LogP contribution >= 0.6 is 0 Å². The maximum atomic E-state index is 12.9. The Morgan fingerprint density at radius 3 is 2.21 bits per heavy atom. The lowest BCUT2D eigenvalue weighted by Gasteiger charge is -2.34. The lowest BCUT2D eigenvalue weighted by atomic mass is 10.1. The second-order valence-electron chi connectivity index (χ2n) is 7.15. The number of rotatable bonds is 5. The molecule has 0 unspecified atom stereocenters. The zero-order valence-electron chi connectivity index (χ0n) is 16.4. The summed E-state index contributed by atoms with van der Waals surface area (Å²) in [6, 6.07) is 11.1. The van der Waals surface area contributed by atoms with E-state index < -0.39 is 14.9 Å². The first kappa shape index (κ1) is 20.9. The molecule has 9 heteroatoms. The van der Waals surface area contributed by atoms with E-state index in [1.807, 2.05) is 13.0 Å². The highest BCUT2D eigenvalue weighted by Crippen LogP contribution is 2.22. The highest BCUT2D eigenvalue weighted by atomic mass is 32.2. The van der Waals surface area contributed by atoms with E-state index in [9.17, 15) is 23.3 Å². The van der Waals surface area contributed by atoms with Crippen molar-refractivity contribution < 1.29 is 18.1 Å². The van der Waals surface area contributed by atoms with Gasteiger partial charge in [-0.3, -0.25) is 14.9 Å². The first-order valence-electron chi connectivity index (χ1n) is 9.27. The summed E-state index contributed by atoms with van der Waals surface area (Å²) in [6.07, 6.45) is 0.127.